The van der Waals surface area contributed by atoms with Gasteiger partial charge in [-0.15, -0.1) is 0 Å². The maximum atomic E-state index is 16.6. The molecule has 7 aromatic carbocycles. The van der Waals surface area contributed by atoms with E-state index in [0.717, 1.165) is 34.4 Å². The summed E-state index contributed by atoms with van der Waals surface area (Å²) in [5.41, 5.74) is 3.28. The number of quaternary nitrogens is 1. The van der Waals surface area contributed by atoms with Crippen LogP contribution in [0.4, 0.5) is 14.5 Å². The molecule has 0 spiro atoms. The van der Waals surface area contributed by atoms with Gasteiger partial charge in [-0.2, -0.15) is 0 Å². The first-order chi connectivity index (χ1) is 43.9. The molecule has 1 unspecified atom stereocenters. The van der Waals surface area contributed by atoms with E-state index in [9.17, 15) is 34.1 Å². The summed E-state index contributed by atoms with van der Waals surface area (Å²) in [7, 11) is 3.95. The number of ether oxygens (including phenoxy) is 5. The van der Waals surface area contributed by atoms with Crippen molar-refractivity contribution >= 4 is 35.2 Å². The number of Topliss-reactive ketones (excluding diaryl/α,β-unsaturated/α-hetero) is 1. The van der Waals surface area contributed by atoms with Crippen LogP contribution < -0.4 is 24.3 Å². The molecule has 1 N–H and O–H groups in total. The van der Waals surface area contributed by atoms with Gasteiger partial charge in [-0.3, -0.25) is 29.4 Å². The van der Waals surface area contributed by atoms with E-state index in [2.05, 4.69) is 12.4 Å². The number of hydrogen-bond donors (Lipinski definition) is 1. The number of benzene rings is 7. The minimum absolute atomic E-state index is 0. The Morgan fingerprint density at radius 2 is 1.12 bits per heavy atom. The molecular formula is C73H79F2N5O12. The van der Waals surface area contributed by atoms with E-state index >= 15 is 8.78 Å². The molecule has 17 nitrogen and oxygen atoms in total. The second-order valence-corrected chi connectivity index (χ2v) is 23.7. The van der Waals surface area contributed by atoms with Gasteiger partial charge in [0.25, 0.3) is 11.6 Å². The van der Waals surface area contributed by atoms with E-state index in [0.29, 0.717) is 55.5 Å². The van der Waals surface area contributed by atoms with Gasteiger partial charge in [-0.1, -0.05) is 142 Å². The van der Waals surface area contributed by atoms with Crippen LogP contribution in [0, 0.1) is 46.9 Å². The zero-order valence-electron chi connectivity index (χ0n) is 52.8. The predicted octanol–water partition coefficient (Wildman–Crippen LogP) is 13.0. The quantitative estimate of drug-likeness (QED) is 0.00482. The van der Waals surface area contributed by atoms with Crippen LogP contribution in [0.25, 0.3) is 0 Å². The van der Waals surface area contributed by atoms with E-state index < -0.39 is 40.2 Å². The van der Waals surface area contributed by atoms with Crippen molar-refractivity contribution in [2.75, 3.05) is 53.4 Å². The number of fused-ring (bicyclic) bond motifs is 1. The first kappa shape index (κ1) is 68.3. The van der Waals surface area contributed by atoms with Crippen LogP contribution in [0.5, 0.6) is 23.0 Å². The SMILES string of the molecule is CC(C)[C@H]1C(=O)N2C(C(=O)OC(=O)c3ccc([N+](=O)[O-])cc3)=C(CN(C)CC[N+](C)(CCCCC(=O)c3ccc(OCc4ccccc4)c(OCc4ccccc4)c3F)CCCNC(=O)c3ccc(OCc4ccccc4)c(OCc4ccccc4)c3F)[C@H](C)[C@H]12.[CH3-]. The number of rotatable bonds is 32. The van der Waals surface area contributed by atoms with Crippen molar-refractivity contribution in [2.45, 2.75) is 78.9 Å². The number of likely N-dealkylation sites (N-methyl/N-ethyl adjacent to an activating group) is 2. The summed E-state index contributed by atoms with van der Waals surface area (Å²) in [5, 5.41) is 14.2. The monoisotopic (exact) mass is 1260 g/mol. The third-order valence-corrected chi connectivity index (χ3v) is 16.8. The van der Waals surface area contributed by atoms with E-state index in [1.807, 2.05) is 154 Å². The van der Waals surface area contributed by atoms with Gasteiger partial charge in [-0.25, -0.2) is 18.4 Å². The van der Waals surface area contributed by atoms with Crippen molar-refractivity contribution in [1.82, 2.24) is 15.1 Å². The number of nitrogens with zero attached hydrogens (tertiary/aromatic N) is 4. The third kappa shape index (κ3) is 17.1. The van der Waals surface area contributed by atoms with Crippen molar-refractivity contribution in [3.63, 3.8) is 0 Å². The van der Waals surface area contributed by atoms with E-state index in [-0.39, 0.29) is 134 Å². The van der Waals surface area contributed by atoms with Gasteiger partial charge < -0.3 is 45.8 Å². The van der Waals surface area contributed by atoms with Gasteiger partial charge in [0, 0.05) is 50.5 Å². The van der Waals surface area contributed by atoms with E-state index in [1.165, 1.54) is 35.2 Å². The zero-order valence-corrected chi connectivity index (χ0v) is 52.8. The molecule has 0 aliphatic carbocycles. The molecular weight excluding hydrogens is 1180 g/mol. The van der Waals surface area contributed by atoms with Crippen molar-refractivity contribution in [2.24, 2.45) is 17.8 Å². The molecule has 2 heterocycles. The molecule has 19 heteroatoms. The number of nitro benzene ring substituents is 1. The molecule has 9 rings (SSSR count). The zero-order chi connectivity index (χ0) is 64.6. The Bertz CT molecular complexity index is 3560. The average Bonchev–Trinajstić information content (AvgIpc) is 1.55. The lowest BCUT2D eigenvalue weighted by atomic mass is 9.74. The van der Waals surface area contributed by atoms with Gasteiger partial charge in [-0.05, 0) is 90.0 Å². The number of nitrogens with one attached hydrogen (secondary N) is 1. The number of ketones is 1. The Morgan fingerprint density at radius 3 is 1.62 bits per heavy atom. The summed E-state index contributed by atoms with van der Waals surface area (Å²) >= 11 is 0. The second kappa shape index (κ2) is 31.9. The number of esters is 2. The summed E-state index contributed by atoms with van der Waals surface area (Å²) < 4.78 is 63.2. The number of non-ortho nitro benzene ring substituents is 1. The lowest BCUT2D eigenvalue weighted by Crippen LogP contribution is -2.62. The Hall–Kier alpha value is -9.59. The Morgan fingerprint density at radius 1 is 0.641 bits per heavy atom. The predicted molar refractivity (Wildman–Crippen MR) is 344 cm³/mol. The topological polar surface area (TPSA) is 193 Å². The molecule has 1 saturated heterocycles. The Balaban J connectivity index is 0.0000109. The molecule has 2 aliphatic rings. The van der Waals surface area contributed by atoms with Crippen molar-refractivity contribution in [3.8, 4) is 23.0 Å². The van der Waals surface area contributed by atoms with Crippen LogP contribution in [-0.2, 0) is 40.8 Å². The summed E-state index contributed by atoms with van der Waals surface area (Å²) in [6, 6.07) is 47.6. The number of hydrogen-bond acceptors (Lipinski definition) is 13. The highest BCUT2D eigenvalue weighted by Gasteiger charge is 2.59. The molecule has 0 aromatic heterocycles. The highest BCUT2D eigenvalue weighted by atomic mass is 19.1. The number of nitro groups is 1. The van der Waals surface area contributed by atoms with Crippen molar-refractivity contribution < 1.29 is 65.8 Å². The lowest BCUT2D eigenvalue weighted by Gasteiger charge is -2.47. The fraction of sp³-hybridized carbons (Fsp3) is 0.315. The maximum absolute atomic E-state index is 16.6. The van der Waals surface area contributed by atoms with Gasteiger partial charge in [0.15, 0.2) is 40.4 Å². The number of unbranched alkanes of at least 4 members (excludes halogenated alkanes) is 1. The molecule has 0 radical (unpaired) electrons. The van der Waals surface area contributed by atoms with Crippen LogP contribution in [0.15, 0.2) is 181 Å². The summed E-state index contributed by atoms with van der Waals surface area (Å²) in [5.74, 6) is -5.74. The highest BCUT2D eigenvalue weighted by Crippen LogP contribution is 2.49. The molecule has 2 amide bonds. The summed E-state index contributed by atoms with van der Waals surface area (Å²) in [4.78, 5) is 83.2. The number of halogens is 2. The van der Waals surface area contributed by atoms with E-state index in [1.54, 1.807) is 6.07 Å². The summed E-state index contributed by atoms with van der Waals surface area (Å²) in [6.45, 7) is 8.67. The first-order valence-corrected chi connectivity index (χ1v) is 30.6. The fourth-order valence-electron chi connectivity index (χ4n) is 11.6. The third-order valence-electron chi connectivity index (χ3n) is 16.8. The summed E-state index contributed by atoms with van der Waals surface area (Å²) in [6.07, 6.45) is 1.43. The normalized spacial score (nSPS) is 15.6. The number of β-lactam (4-membered cyclic amide) rings is 1. The van der Waals surface area contributed by atoms with Gasteiger partial charge in [0.1, 0.15) is 32.1 Å². The number of carbonyl (C=O) groups is 5. The van der Waals surface area contributed by atoms with Crippen LogP contribution in [0.2, 0.25) is 0 Å². The standard InChI is InChI=1S/C72H75F2N5O12.CH3/c1-48(2)62-65-49(3)58(66(77(65)70(62)82)72(84)91-71(83)54-30-32-55(33-31-54)78(85)86)43-76(4)39-42-79(5,40-19-18-29-59(80)56-34-36-60(87-44-50-21-10-6-11-22-50)67(63(56)73)89-46-52-25-14-8-15-26-52)41-20-38-75-69(81)57-35-37-61(88-45-51-23-12-7-13-24-51)68(64(57)74)90-47-53-27-16-9-17-28-53;/h6-17,21-28,30-37,48-49,62,65H,18-20,29,38-47H2,1-5H3;1H3/q;-1/p+1/t49-,62+,65+,79?;/m0./s1. The molecule has 0 saturated carbocycles. The second-order valence-electron chi connectivity index (χ2n) is 23.7. The minimum atomic E-state index is -1.02. The molecule has 4 atom stereocenters. The van der Waals surface area contributed by atoms with Gasteiger partial charge in [0.2, 0.25) is 5.91 Å². The average molecular weight is 1260 g/mol. The van der Waals surface area contributed by atoms with Crippen LogP contribution >= 0.6 is 0 Å². The molecule has 1 fully saturated rings. The lowest BCUT2D eigenvalue weighted by molar-refractivity contribution is -0.909. The fourth-order valence-corrected chi connectivity index (χ4v) is 11.6. The van der Waals surface area contributed by atoms with Crippen LogP contribution in [0.1, 0.15) is 99.8 Å². The first-order valence-electron chi connectivity index (χ1n) is 30.6. The molecule has 2 aliphatic heterocycles. The molecule has 482 valence electrons. The van der Waals surface area contributed by atoms with Crippen molar-refractivity contribution in [1.29, 1.82) is 0 Å². The van der Waals surface area contributed by atoms with Gasteiger partial charge in [0.05, 0.1) is 60.3 Å². The molecule has 7 aromatic rings. The highest BCUT2D eigenvalue weighted by molar-refractivity contribution is 6.06. The van der Waals surface area contributed by atoms with Crippen LogP contribution in [0.3, 0.4) is 0 Å². The minimum Gasteiger partial charge on any atom is -0.485 e. The maximum Gasteiger partial charge on any atom is 0.362 e. The Kier molecular flexibility index (Phi) is 23.7. The van der Waals surface area contributed by atoms with Crippen LogP contribution in [-0.4, -0.2) is 108 Å². The van der Waals surface area contributed by atoms with E-state index in [4.69, 9.17) is 23.7 Å². The van der Waals surface area contributed by atoms with Gasteiger partial charge >= 0.3 is 11.9 Å². The Labute approximate surface area is 536 Å². The largest absolute Gasteiger partial charge is 0.485 e. The molecule has 92 heavy (non-hydrogen) atoms. The molecule has 0 bridgehead atoms. The number of carbonyl (C=O) groups excluding carboxylic acids is 5. The number of amides is 2. The smallest absolute Gasteiger partial charge is 0.362 e. The van der Waals surface area contributed by atoms with Crippen molar-refractivity contribution in [3.05, 3.63) is 249 Å².